The fourth-order valence-corrected chi connectivity index (χ4v) is 2.51. The Labute approximate surface area is 160 Å². The lowest BCUT2D eigenvalue weighted by molar-refractivity contribution is 0.0992. The molecule has 1 N–H and O–H groups in total. The summed E-state index contributed by atoms with van der Waals surface area (Å²) >= 11 is 5.88. The molecule has 1 heterocycles. The molecule has 1 aromatic heterocycles. The number of rotatable bonds is 6. The standard InChI is InChI=1S/C20H15ClN2O4/c1-25-17-4-2-3-5-18(17)26-12-15-7-9-19(27-15)20(24)23-14-6-8-16(21)13(10-14)11-22/h2-10H,12H2,1H3,(H,23,24). The molecule has 2 aromatic carbocycles. The molecule has 3 aromatic rings. The molecule has 0 fully saturated rings. The minimum Gasteiger partial charge on any atom is -0.493 e. The van der Waals surface area contributed by atoms with E-state index in [0.717, 1.165) is 0 Å². The number of hydrogen-bond acceptors (Lipinski definition) is 5. The second-order valence-electron chi connectivity index (χ2n) is 5.47. The van der Waals surface area contributed by atoms with Crippen LogP contribution in [-0.2, 0) is 6.61 Å². The van der Waals surface area contributed by atoms with Crippen LogP contribution in [0.25, 0.3) is 0 Å². The first-order chi connectivity index (χ1) is 13.1. The van der Waals surface area contributed by atoms with Crippen LogP contribution in [0, 0.1) is 11.3 Å². The van der Waals surface area contributed by atoms with Gasteiger partial charge in [-0.3, -0.25) is 4.79 Å². The smallest absolute Gasteiger partial charge is 0.291 e. The zero-order valence-corrected chi connectivity index (χ0v) is 15.1. The minimum absolute atomic E-state index is 0.127. The van der Waals surface area contributed by atoms with E-state index in [1.54, 1.807) is 43.5 Å². The van der Waals surface area contributed by atoms with Gasteiger partial charge in [0, 0.05) is 5.69 Å². The Kier molecular flexibility index (Phi) is 5.64. The van der Waals surface area contributed by atoms with Gasteiger partial charge in [0.1, 0.15) is 18.4 Å². The van der Waals surface area contributed by atoms with Crippen molar-refractivity contribution in [3.05, 3.63) is 76.7 Å². The first-order valence-corrected chi connectivity index (χ1v) is 8.34. The number of para-hydroxylation sites is 2. The van der Waals surface area contributed by atoms with E-state index in [-0.39, 0.29) is 17.9 Å². The molecule has 0 spiro atoms. The van der Waals surface area contributed by atoms with Crippen LogP contribution in [0.2, 0.25) is 5.02 Å². The van der Waals surface area contributed by atoms with E-state index in [1.807, 2.05) is 18.2 Å². The first-order valence-electron chi connectivity index (χ1n) is 7.96. The number of nitriles is 1. The number of amides is 1. The number of anilines is 1. The van der Waals surface area contributed by atoms with Crippen molar-refractivity contribution < 1.29 is 18.7 Å². The van der Waals surface area contributed by atoms with Crippen molar-refractivity contribution in [3.8, 4) is 17.6 Å². The fourth-order valence-electron chi connectivity index (χ4n) is 2.35. The maximum absolute atomic E-state index is 12.3. The molecule has 0 saturated heterocycles. The van der Waals surface area contributed by atoms with Crippen LogP contribution in [0.4, 0.5) is 5.69 Å². The zero-order valence-electron chi connectivity index (χ0n) is 14.4. The van der Waals surface area contributed by atoms with Gasteiger partial charge < -0.3 is 19.2 Å². The summed E-state index contributed by atoms with van der Waals surface area (Å²) in [5.41, 5.74) is 0.726. The molecule has 136 valence electrons. The Balaban J connectivity index is 1.65. The number of halogens is 1. The van der Waals surface area contributed by atoms with Crippen LogP contribution >= 0.6 is 11.6 Å². The Morgan fingerprint density at radius 2 is 1.96 bits per heavy atom. The van der Waals surface area contributed by atoms with Gasteiger partial charge in [-0.15, -0.1) is 0 Å². The van der Waals surface area contributed by atoms with Crippen molar-refractivity contribution in [1.82, 2.24) is 0 Å². The summed E-state index contributed by atoms with van der Waals surface area (Å²) in [7, 11) is 1.56. The Morgan fingerprint density at radius 3 is 2.70 bits per heavy atom. The molecule has 0 aliphatic rings. The SMILES string of the molecule is COc1ccccc1OCc1ccc(C(=O)Nc2ccc(Cl)c(C#N)c2)o1. The Bertz CT molecular complexity index is 1010. The van der Waals surface area contributed by atoms with Crippen molar-refractivity contribution in [2.75, 3.05) is 12.4 Å². The van der Waals surface area contributed by atoms with E-state index < -0.39 is 5.91 Å². The molecule has 0 bridgehead atoms. The average molecular weight is 383 g/mol. The highest BCUT2D eigenvalue weighted by molar-refractivity contribution is 6.31. The summed E-state index contributed by atoms with van der Waals surface area (Å²) in [4.78, 5) is 12.3. The van der Waals surface area contributed by atoms with Crippen molar-refractivity contribution in [2.45, 2.75) is 6.61 Å². The van der Waals surface area contributed by atoms with Gasteiger partial charge in [-0.05, 0) is 42.5 Å². The molecule has 1 amide bonds. The van der Waals surface area contributed by atoms with Gasteiger partial charge in [0.25, 0.3) is 5.91 Å². The lowest BCUT2D eigenvalue weighted by atomic mass is 10.2. The van der Waals surface area contributed by atoms with Gasteiger partial charge in [0.15, 0.2) is 17.3 Å². The molecular formula is C20H15ClN2O4. The van der Waals surface area contributed by atoms with Gasteiger partial charge in [0.2, 0.25) is 0 Å². The average Bonchev–Trinajstić information content (AvgIpc) is 3.17. The number of methoxy groups -OCH3 is 1. The third-order valence-corrected chi connectivity index (χ3v) is 4.00. The summed E-state index contributed by atoms with van der Waals surface area (Å²) in [6.45, 7) is 0.146. The molecule has 0 saturated carbocycles. The molecule has 0 radical (unpaired) electrons. The van der Waals surface area contributed by atoms with Crippen molar-refractivity contribution in [2.24, 2.45) is 0 Å². The molecule has 0 unspecified atom stereocenters. The van der Waals surface area contributed by atoms with Crippen LogP contribution in [0.15, 0.2) is 59.0 Å². The minimum atomic E-state index is -0.440. The topological polar surface area (TPSA) is 84.5 Å². The van der Waals surface area contributed by atoms with E-state index in [4.69, 9.17) is 30.8 Å². The predicted octanol–water partition coefficient (Wildman–Crippen LogP) is 4.64. The van der Waals surface area contributed by atoms with Crippen molar-refractivity contribution in [3.63, 3.8) is 0 Å². The quantitative estimate of drug-likeness (QED) is 0.671. The summed E-state index contributed by atoms with van der Waals surface area (Å²) in [5.74, 6) is 1.36. The third kappa shape index (κ3) is 4.40. The molecule has 0 atom stereocenters. The normalized spacial score (nSPS) is 10.1. The fraction of sp³-hybridized carbons (Fsp3) is 0.100. The Hall–Kier alpha value is -3.43. The van der Waals surface area contributed by atoms with Crippen molar-refractivity contribution in [1.29, 1.82) is 5.26 Å². The molecule has 0 aliphatic carbocycles. The maximum Gasteiger partial charge on any atom is 0.291 e. The van der Waals surface area contributed by atoms with Crippen LogP contribution < -0.4 is 14.8 Å². The third-order valence-electron chi connectivity index (χ3n) is 3.67. The number of hydrogen-bond donors (Lipinski definition) is 1. The lowest BCUT2D eigenvalue weighted by Gasteiger charge is -2.08. The van der Waals surface area contributed by atoms with Crippen LogP contribution in [-0.4, -0.2) is 13.0 Å². The van der Waals surface area contributed by atoms with Crippen molar-refractivity contribution >= 4 is 23.2 Å². The number of furan rings is 1. The summed E-state index contributed by atoms with van der Waals surface area (Å²) in [6, 6.07) is 17.1. The number of carbonyl (C=O) groups excluding carboxylic acids is 1. The van der Waals surface area contributed by atoms with E-state index >= 15 is 0 Å². The zero-order chi connectivity index (χ0) is 19.2. The van der Waals surface area contributed by atoms with Gasteiger partial charge in [0.05, 0.1) is 17.7 Å². The van der Waals surface area contributed by atoms with E-state index in [1.165, 1.54) is 6.07 Å². The molecule has 0 aliphatic heterocycles. The number of nitrogens with zero attached hydrogens (tertiary/aromatic N) is 1. The van der Waals surface area contributed by atoms with Gasteiger partial charge in [-0.1, -0.05) is 23.7 Å². The molecule has 27 heavy (non-hydrogen) atoms. The van der Waals surface area contributed by atoms with Gasteiger partial charge in [-0.2, -0.15) is 5.26 Å². The van der Waals surface area contributed by atoms with E-state index in [2.05, 4.69) is 5.32 Å². The van der Waals surface area contributed by atoms with E-state index in [9.17, 15) is 4.79 Å². The largest absolute Gasteiger partial charge is 0.493 e. The molecule has 3 rings (SSSR count). The number of nitrogens with one attached hydrogen (secondary N) is 1. The monoisotopic (exact) mass is 382 g/mol. The second-order valence-corrected chi connectivity index (χ2v) is 5.87. The summed E-state index contributed by atoms with van der Waals surface area (Å²) in [5, 5.41) is 12.0. The van der Waals surface area contributed by atoms with Crippen LogP contribution in [0.3, 0.4) is 0 Å². The van der Waals surface area contributed by atoms with Gasteiger partial charge in [-0.25, -0.2) is 0 Å². The Morgan fingerprint density at radius 1 is 1.19 bits per heavy atom. The maximum atomic E-state index is 12.3. The highest BCUT2D eigenvalue weighted by Gasteiger charge is 2.13. The number of carbonyl (C=O) groups is 1. The second kappa shape index (κ2) is 8.30. The number of benzene rings is 2. The highest BCUT2D eigenvalue weighted by atomic mass is 35.5. The lowest BCUT2D eigenvalue weighted by Crippen LogP contribution is -2.11. The van der Waals surface area contributed by atoms with Gasteiger partial charge >= 0.3 is 0 Å². The summed E-state index contributed by atoms with van der Waals surface area (Å²) < 4.78 is 16.4. The highest BCUT2D eigenvalue weighted by Crippen LogP contribution is 2.27. The summed E-state index contributed by atoms with van der Waals surface area (Å²) in [6.07, 6.45) is 0. The predicted molar refractivity (Wildman–Crippen MR) is 100 cm³/mol. The molecular weight excluding hydrogens is 368 g/mol. The first kappa shape index (κ1) is 18.4. The van der Waals surface area contributed by atoms with Crippen LogP contribution in [0.1, 0.15) is 21.9 Å². The molecule has 7 heteroatoms. The van der Waals surface area contributed by atoms with Crippen LogP contribution in [0.5, 0.6) is 11.5 Å². The number of ether oxygens (including phenoxy) is 2. The molecule has 6 nitrogen and oxygen atoms in total. The van der Waals surface area contributed by atoms with E-state index in [0.29, 0.717) is 28.0 Å².